The van der Waals surface area contributed by atoms with Gasteiger partial charge in [0, 0.05) is 10.4 Å². The van der Waals surface area contributed by atoms with Gasteiger partial charge in [0.15, 0.2) is 0 Å². The summed E-state index contributed by atoms with van der Waals surface area (Å²) in [6.07, 6.45) is 0.284. The first-order valence-corrected chi connectivity index (χ1v) is 11.6. The van der Waals surface area contributed by atoms with E-state index < -0.39 is 23.5 Å². The number of carbonyl (C=O) groups excluding carboxylic acids is 2. The quantitative estimate of drug-likeness (QED) is 0.416. The molecule has 7 nitrogen and oxygen atoms in total. The summed E-state index contributed by atoms with van der Waals surface area (Å²) in [6, 6.07) is 20.5. The summed E-state index contributed by atoms with van der Waals surface area (Å²) < 4.78 is 6.12. The van der Waals surface area contributed by atoms with Gasteiger partial charge in [-0.05, 0) is 69.2 Å². The molecule has 0 unspecified atom stereocenters. The zero-order valence-corrected chi connectivity index (χ0v) is 19.6. The number of hydrogen-bond donors (Lipinski definition) is 3. The highest BCUT2D eigenvalue weighted by atomic mass is 79.9. The molecule has 0 bridgehead atoms. The molecule has 34 heavy (non-hydrogen) atoms. The lowest BCUT2D eigenvalue weighted by Gasteiger charge is -2.19. The van der Waals surface area contributed by atoms with E-state index in [2.05, 4.69) is 38.7 Å². The number of halogens is 1. The fraction of sp³-hybridized carbons (Fsp3) is 0.192. The van der Waals surface area contributed by atoms with E-state index in [-0.39, 0.29) is 18.1 Å². The van der Waals surface area contributed by atoms with E-state index in [4.69, 9.17) is 4.74 Å². The molecular formula is C26H21BrN2O5. The standard InChI is InChI=1S/C26H21BrN2O5/c27-21-10-9-15(23(30)31)13-22(21)28-24(32)26(11-12-26)29-25(33)34-14-20-18-7-3-1-5-16(18)17-6-2-4-8-19(17)20/h1-10,13,20H,11-12,14H2,(H,28,32)(H,29,33)(H,30,31). The molecule has 0 radical (unpaired) electrons. The molecule has 0 aromatic heterocycles. The van der Waals surface area contributed by atoms with Crippen LogP contribution in [0.4, 0.5) is 10.5 Å². The van der Waals surface area contributed by atoms with Crippen LogP contribution < -0.4 is 10.6 Å². The molecule has 2 aliphatic rings. The van der Waals surface area contributed by atoms with Crippen molar-refractivity contribution in [2.75, 3.05) is 11.9 Å². The second-order valence-electron chi connectivity index (χ2n) is 8.49. The lowest BCUT2D eigenvalue weighted by atomic mass is 9.98. The number of carboxylic acid groups (broad SMARTS) is 1. The van der Waals surface area contributed by atoms with E-state index >= 15 is 0 Å². The third-order valence-corrected chi connectivity index (χ3v) is 7.02. The van der Waals surface area contributed by atoms with Crippen LogP contribution in [0, 0.1) is 0 Å². The summed E-state index contributed by atoms with van der Waals surface area (Å²) in [4.78, 5) is 36.8. The van der Waals surface area contributed by atoms with Crippen molar-refractivity contribution in [1.29, 1.82) is 0 Å². The largest absolute Gasteiger partial charge is 0.478 e. The van der Waals surface area contributed by atoms with Crippen LogP contribution in [-0.2, 0) is 9.53 Å². The van der Waals surface area contributed by atoms with E-state index in [1.165, 1.54) is 12.1 Å². The van der Waals surface area contributed by atoms with Gasteiger partial charge in [0.05, 0.1) is 11.3 Å². The highest BCUT2D eigenvalue weighted by Crippen LogP contribution is 2.44. The Labute approximate surface area is 204 Å². The Morgan fingerprint density at radius 1 is 0.971 bits per heavy atom. The van der Waals surface area contributed by atoms with Crippen LogP contribution in [0.25, 0.3) is 11.1 Å². The monoisotopic (exact) mass is 520 g/mol. The molecule has 2 amide bonds. The van der Waals surface area contributed by atoms with Gasteiger partial charge in [-0.25, -0.2) is 9.59 Å². The van der Waals surface area contributed by atoms with E-state index in [9.17, 15) is 19.5 Å². The van der Waals surface area contributed by atoms with Crippen LogP contribution in [-0.4, -0.2) is 35.2 Å². The maximum atomic E-state index is 12.9. The molecule has 0 spiro atoms. The number of anilines is 1. The molecule has 2 aliphatic carbocycles. The number of rotatable bonds is 6. The second kappa shape index (κ2) is 8.61. The van der Waals surface area contributed by atoms with E-state index in [0.29, 0.717) is 23.0 Å². The molecule has 3 aromatic carbocycles. The topological polar surface area (TPSA) is 105 Å². The first kappa shape index (κ1) is 22.2. The van der Waals surface area contributed by atoms with Gasteiger partial charge in [0.1, 0.15) is 12.1 Å². The number of amides is 2. The number of carbonyl (C=O) groups is 3. The zero-order chi connectivity index (χ0) is 23.9. The normalized spacial score (nSPS) is 15.1. The first-order chi connectivity index (χ1) is 16.4. The lowest BCUT2D eigenvalue weighted by Crippen LogP contribution is -2.46. The van der Waals surface area contributed by atoms with Crippen LogP contribution in [0.2, 0.25) is 0 Å². The number of nitrogens with one attached hydrogen (secondary N) is 2. The third-order valence-electron chi connectivity index (χ3n) is 6.33. The number of alkyl carbamates (subject to hydrolysis) is 1. The van der Waals surface area contributed by atoms with Crippen LogP contribution >= 0.6 is 15.9 Å². The Morgan fingerprint density at radius 3 is 2.18 bits per heavy atom. The zero-order valence-electron chi connectivity index (χ0n) is 18.0. The van der Waals surface area contributed by atoms with Gasteiger partial charge >= 0.3 is 12.1 Å². The van der Waals surface area contributed by atoms with E-state index in [0.717, 1.165) is 22.3 Å². The number of aromatic carboxylic acids is 1. The van der Waals surface area contributed by atoms with Crippen LogP contribution in [0.1, 0.15) is 40.2 Å². The van der Waals surface area contributed by atoms with Crippen molar-refractivity contribution in [3.8, 4) is 11.1 Å². The van der Waals surface area contributed by atoms with E-state index in [1.54, 1.807) is 6.07 Å². The van der Waals surface area contributed by atoms with Gasteiger partial charge < -0.3 is 20.5 Å². The number of fused-ring (bicyclic) bond motifs is 3. The minimum Gasteiger partial charge on any atom is -0.478 e. The molecule has 8 heteroatoms. The molecule has 3 N–H and O–H groups in total. The van der Waals surface area contributed by atoms with Crippen LogP contribution in [0.15, 0.2) is 71.2 Å². The van der Waals surface area contributed by atoms with Crippen LogP contribution in [0.3, 0.4) is 0 Å². The lowest BCUT2D eigenvalue weighted by molar-refractivity contribution is -0.119. The number of hydrogen-bond acceptors (Lipinski definition) is 4. The van der Waals surface area contributed by atoms with Crippen molar-refractivity contribution in [3.63, 3.8) is 0 Å². The minimum atomic E-state index is -1.10. The molecule has 172 valence electrons. The Hall–Kier alpha value is -3.65. The van der Waals surface area contributed by atoms with Crippen molar-refractivity contribution >= 4 is 39.6 Å². The van der Waals surface area contributed by atoms with Gasteiger partial charge in [-0.1, -0.05) is 48.5 Å². The molecule has 0 atom stereocenters. The van der Waals surface area contributed by atoms with Crippen molar-refractivity contribution in [1.82, 2.24) is 5.32 Å². The van der Waals surface area contributed by atoms with Gasteiger partial charge in [0.25, 0.3) is 0 Å². The van der Waals surface area contributed by atoms with E-state index in [1.807, 2.05) is 36.4 Å². The predicted molar refractivity (Wildman–Crippen MR) is 130 cm³/mol. The van der Waals surface area contributed by atoms with Gasteiger partial charge in [-0.3, -0.25) is 4.79 Å². The summed E-state index contributed by atoms with van der Waals surface area (Å²) in [5, 5.41) is 14.6. The maximum Gasteiger partial charge on any atom is 0.408 e. The number of carboxylic acids is 1. The van der Waals surface area contributed by atoms with Crippen molar-refractivity contribution in [2.45, 2.75) is 24.3 Å². The molecule has 1 fully saturated rings. The molecule has 1 saturated carbocycles. The Bertz CT molecular complexity index is 1270. The van der Waals surface area contributed by atoms with Gasteiger partial charge in [-0.2, -0.15) is 0 Å². The SMILES string of the molecule is O=C(NC1(C(=O)Nc2cc(C(=O)O)ccc2Br)CC1)OCC1c2ccccc2-c2ccccc21. The molecule has 5 rings (SSSR count). The molecule has 3 aromatic rings. The summed E-state index contributed by atoms with van der Waals surface area (Å²) in [6.45, 7) is 0.157. The fourth-order valence-corrected chi connectivity index (χ4v) is 4.71. The maximum absolute atomic E-state index is 12.9. The fourth-order valence-electron chi connectivity index (χ4n) is 4.36. The second-order valence-corrected chi connectivity index (χ2v) is 9.34. The third kappa shape index (κ3) is 4.05. The molecule has 0 saturated heterocycles. The van der Waals surface area contributed by atoms with Gasteiger partial charge in [-0.15, -0.1) is 0 Å². The Balaban J connectivity index is 1.25. The first-order valence-electron chi connectivity index (χ1n) is 10.9. The summed E-state index contributed by atoms with van der Waals surface area (Å²) in [5.74, 6) is -1.58. The highest BCUT2D eigenvalue weighted by molar-refractivity contribution is 9.10. The number of ether oxygens (including phenoxy) is 1. The van der Waals surface area contributed by atoms with Crippen molar-refractivity contribution in [3.05, 3.63) is 87.9 Å². The molecular weight excluding hydrogens is 500 g/mol. The van der Waals surface area contributed by atoms with Gasteiger partial charge in [0.2, 0.25) is 5.91 Å². The average Bonchev–Trinajstić information content (AvgIpc) is 3.54. The Kier molecular flexibility index (Phi) is 5.61. The molecule has 0 heterocycles. The smallest absolute Gasteiger partial charge is 0.408 e. The number of benzene rings is 3. The Morgan fingerprint density at radius 2 is 1.59 bits per heavy atom. The summed E-state index contributed by atoms with van der Waals surface area (Å²) in [5.41, 5.74) is 3.80. The van der Waals surface area contributed by atoms with Crippen LogP contribution in [0.5, 0.6) is 0 Å². The average molecular weight is 521 g/mol. The predicted octanol–water partition coefficient (Wildman–Crippen LogP) is 5.16. The summed E-state index contributed by atoms with van der Waals surface area (Å²) in [7, 11) is 0. The summed E-state index contributed by atoms with van der Waals surface area (Å²) >= 11 is 3.32. The van der Waals surface area contributed by atoms with Crippen molar-refractivity contribution in [2.24, 2.45) is 0 Å². The molecule has 0 aliphatic heterocycles. The minimum absolute atomic E-state index is 0.0489. The highest BCUT2D eigenvalue weighted by Gasteiger charge is 2.52. The van der Waals surface area contributed by atoms with Crippen molar-refractivity contribution < 1.29 is 24.2 Å².